The lowest BCUT2D eigenvalue weighted by atomic mass is 10.2. The Hall–Kier alpha value is -2.93. The predicted octanol–water partition coefficient (Wildman–Crippen LogP) is 8.99. The van der Waals surface area contributed by atoms with Crippen molar-refractivity contribution < 1.29 is 36.2 Å². The first-order valence-electron chi connectivity index (χ1n) is 10.8. The van der Waals surface area contributed by atoms with E-state index in [1.807, 2.05) is 36.4 Å². The van der Waals surface area contributed by atoms with Gasteiger partial charge >= 0.3 is 14.9 Å². The fourth-order valence-electron chi connectivity index (χ4n) is 3.27. The quantitative estimate of drug-likeness (QED) is 0.0572. The Balaban J connectivity index is 1.46. The van der Waals surface area contributed by atoms with Gasteiger partial charge in [-0.25, -0.2) is 17.3 Å². The van der Waals surface area contributed by atoms with Crippen LogP contribution >= 0.6 is 45.3 Å². The van der Waals surface area contributed by atoms with Crippen molar-refractivity contribution in [2.24, 2.45) is 0 Å². The number of halogens is 4. The van der Waals surface area contributed by atoms with Gasteiger partial charge < -0.3 is 9.31 Å². The molecule has 4 aromatic rings. The average molecular weight is 594 g/mol. The molecule has 38 heavy (non-hydrogen) atoms. The zero-order valence-corrected chi connectivity index (χ0v) is 23.0. The first-order valence-corrected chi connectivity index (χ1v) is 14.1. The molecule has 0 bridgehead atoms. The van der Waals surface area contributed by atoms with Gasteiger partial charge in [-0.2, -0.15) is 0 Å². The third-order valence-electron chi connectivity index (χ3n) is 4.86. The molecule has 4 rings (SSSR count). The average Bonchev–Trinajstić information content (AvgIpc) is 3.63. The molecule has 4 aromatic heterocycles. The fraction of sp³-hybridized carbons (Fsp3) is 0.0833. The molecular weight excluding hydrogens is 578 g/mol. The van der Waals surface area contributed by atoms with Crippen LogP contribution in [0.2, 0.25) is 0 Å². The van der Waals surface area contributed by atoms with Crippen molar-refractivity contribution in [3.05, 3.63) is 82.0 Å². The van der Waals surface area contributed by atoms with Crippen LogP contribution in [-0.4, -0.2) is 26.5 Å². The summed E-state index contributed by atoms with van der Waals surface area (Å²) < 4.78 is 57.7. The summed E-state index contributed by atoms with van der Waals surface area (Å²) in [5.41, 5.74) is 0. The van der Waals surface area contributed by atoms with E-state index in [0.717, 1.165) is 41.4 Å². The molecule has 14 heteroatoms. The monoisotopic (exact) mass is 594 g/mol. The maximum Gasteiger partial charge on any atom is 0.796 e. The number of carbonyl (C=O) groups is 2. The largest absolute Gasteiger partial charge is 0.796 e. The van der Waals surface area contributed by atoms with E-state index in [0.29, 0.717) is 9.75 Å². The normalized spacial score (nSPS) is 11.9. The molecule has 0 aromatic carbocycles. The Labute approximate surface area is 232 Å². The van der Waals surface area contributed by atoms with Crippen molar-refractivity contribution in [2.75, 3.05) is 0 Å². The molecule has 4 nitrogen and oxygen atoms in total. The summed E-state index contributed by atoms with van der Waals surface area (Å²) in [6, 6.07) is 14.8. The Morgan fingerprint density at radius 1 is 0.579 bits per heavy atom. The number of thiophene rings is 4. The molecule has 0 saturated heterocycles. The van der Waals surface area contributed by atoms with Crippen molar-refractivity contribution in [3.63, 3.8) is 0 Å². The molecular formula is C24H16B2F4O4S4. The summed E-state index contributed by atoms with van der Waals surface area (Å²) in [5, 5.41) is 0. The molecule has 0 amide bonds. The van der Waals surface area contributed by atoms with Crippen LogP contribution in [-0.2, 0) is 9.31 Å². The van der Waals surface area contributed by atoms with Crippen molar-refractivity contribution in [1.29, 1.82) is 0 Å². The first-order chi connectivity index (χ1) is 18.1. The van der Waals surface area contributed by atoms with Gasteiger partial charge in [0, 0.05) is 41.4 Å². The second-order valence-electron chi connectivity index (χ2n) is 7.65. The molecule has 0 saturated carbocycles. The fourth-order valence-corrected chi connectivity index (χ4v) is 7.39. The van der Waals surface area contributed by atoms with Crippen LogP contribution in [0.1, 0.15) is 33.2 Å². The molecule has 0 spiro atoms. The molecule has 4 heterocycles. The van der Waals surface area contributed by atoms with Crippen LogP contribution in [0.5, 0.6) is 0 Å². The van der Waals surface area contributed by atoms with Gasteiger partial charge in [-0.15, -0.1) is 45.3 Å². The Morgan fingerprint density at radius 2 is 0.868 bits per heavy atom. The molecule has 0 aliphatic rings. The first kappa shape index (κ1) is 28.1. The summed E-state index contributed by atoms with van der Waals surface area (Å²) in [4.78, 5) is 31.2. The Morgan fingerprint density at radius 3 is 1.18 bits per heavy atom. The van der Waals surface area contributed by atoms with Crippen LogP contribution in [0, 0.1) is 0 Å². The molecule has 0 unspecified atom stereocenters. The third kappa shape index (κ3) is 7.13. The molecule has 0 fully saturated rings. The standard InChI is InChI=1S/C24H16B2F4O4S4/c1-13(33-25(27)28)11-15(31)17-3-5-19(35-17)21-7-9-23(37-21)24-10-8-22(38-24)20-6-4-18(36-20)16(32)12-14(2)34-26(29)30/h3-12H,1-2H3/b13-11+,14-12+. The zero-order chi connectivity index (χ0) is 27.4. The zero-order valence-electron chi connectivity index (χ0n) is 19.7. The van der Waals surface area contributed by atoms with Gasteiger partial charge in [0.25, 0.3) is 0 Å². The highest BCUT2D eigenvalue weighted by atomic mass is 32.1. The summed E-state index contributed by atoms with van der Waals surface area (Å²) in [6.45, 7) is 2.61. The van der Waals surface area contributed by atoms with E-state index >= 15 is 0 Å². The summed E-state index contributed by atoms with van der Waals surface area (Å²) >= 11 is 5.65. The second-order valence-corrected chi connectivity index (χ2v) is 12.0. The highest BCUT2D eigenvalue weighted by Crippen LogP contribution is 2.43. The highest BCUT2D eigenvalue weighted by molar-refractivity contribution is 7.29. The highest BCUT2D eigenvalue weighted by Gasteiger charge is 2.20. The van der Waals surface area contributed by atoms with Gasteiger partial charge in [0.05, 0.1) is 21.3 Å². The molecule has 0 aliphatic heterocycles. The van der Waals surface area contributed by atoms with Crippen LogP contribution in [0.25, 0.3) is 29.3 Å². The SMILES string of the molecule is C/C(=C\C(=O)c1ccc(-c2ccc(-c3ccc(-c4ccc(C(=O)/C=C(\C)OB(F)F)s4)s3)s2)s1)OB(F)F. The minimum Gasteiger partial charge on any atom is -0.509 e. The van der Waals surface area contributed by atoms with Crippen molar-refractivity contribution >= 4 is 71.9 Å². The minimum atomic E-state index is -2.98. The Kier molecular flexibility index (Phi) is 9.08. The predicted molar refractivity (Wildman–Crippen MR) is 149 cm³/mol. The number of carbonyl (C=O) groups excluding carboxylic acids is 2. The number of ketones is 2. The van der Waals surface area contributed by atoms with Crippen LogP contribution in [0.3, 0.4) is 0 Å². The van der Waals surface area contributed by atoms with Crippen LogP contribution in [0.4, 0.5) is 17.3 Å². The van der Waals surface area contributed by atoms with Gasteiger partial charge in [-0.05, 0) is 62.4 Å². The van der Waals surface area contributed by atoms with Gasteiger partial charge in [0.15, 0.2) is 11.6 Å². The minimum absolute atomic E-state index is 0.151. The maximum atomic E-state index is 12.3. The van der Waals surface area contributed by atoms with Gasteiger partial charge in [0.1, 0.15) is 0 Å². The van der Waals surface area contributed by atoms with Crippen LogP contribution in [0.15, 0.2) is 72.2 Å². The molecule has 194 valence electrons. The molecule has 0 aliphatic carbocycles. The van der Waals surface area contributed by atoms with Crippen molar-refractivity contribution in [3.8, 4) is 29.3 Å². The van der Waals surface area contributed by atoms with E-state index in [1.54, 1.807) is 34.8 Å². The number of allylic oxidation sites excluding steroid dienone is 4. The van der Waals surface area contributed by atoms with Gasteiger partial charge in [-0.1, -0.05) is 0 Å². The van der Waals surface area contributed by atoms with Gasteiger partial charge in [0.2, 0.25) is 0 Å². The van der Waals surface area contributed by atoms with E-state index < -0.39 is 26.5 Å². The van der Waals surface area contributed by atoms with Crippen molar-refractivity contribution in [2.45, 2.75) is 13.8 Å². The van der Waals surface area contributed by atoms with Gasteiger partial charge in [-0.3, -0.25) is 9.59 Å². The lowest BCUT2D eigenvalue weighted by molar-refractivity contribution is 0.103. The number of hydrogen-bond acceptors (Lipinski definition) is 8. The molecule has 0 radical (unpaired) electrons. The summed E-state index contributed by atoms with van der Waals surface area (Å²) in [7, 11) is -5.96. The van der Waals surface area contributed by atoms with E-state index in [-0.39, 0.29) is 11.5 Å². The second kappa shape index (κ2) is 12.3. The van der Waals surface area contributed by atoms with E-state index in [9.17, 15) is 26.9 Å². The van der Waals surface area contributed by atoms with Crippen molar-refractivity contribution in [1.82, 2.24) is 0 Å². The summed E-state index contributed by atoms with van der Waals surface area (Å²) in [5.74, 6) is -1.11. The third-order valence-corrected chi connectivity index (χ3v) is 9.81. The lowest BCUT2D eigenvalue weighted by Gasteiger charge is -2.00. The van der Waals surface area contributed by atoms with E-state index in [2.05, 4.69) is 9.31 Å². The topological polar surface area (TPSA) is 52.6 Å². The number of hydrogen-bond donors (Lipinski definition) is 0. The molecule has 0 N–H and O–H groups in total. The molecule has 0 atom stereocenters. The van der Waals surface area contributed by atoms with E-state index in [1.165, 1.54) is 36.5 Å². The van der Waals surface area contributed by atoms with E-state index in [4.69, 9.17) is 0 Å². The smallest absolute Gasteiger partial charge is 0.509 e. The Bertz CT molecular complexity index is 1400. The van der Waals surface area contributed by atoms with Crippen LogP contribution < -0.4 is 0 Å². The lowest BCUT2D eigenvalue weighted by Crippen LogP contribution is -2.04. The summed E-state index contributed by atoms with van der Waals surface area (Å²) in [6.07, 6.45) is 2.10. The maximum absolute atomic E-state index is 12.3. The number of rotatable bonds is 11.